The highest BCUT2D eigenvalue weighted by Gasteiger charge is 2.45. The summed E-state index contributed by atoms with van der Waals surface area (Å²) in [6.45, 7) is 5.19. The number of benzene rings is 1. The minimum atomic E-state index is -0.902. The van der Waals surface area contributed by atoms with E-state index < -0.39 is 12.0 Å². The monoisotopic (exact) mass is 550 g/mol. The molecule has 6 atom stereocenters. The van der Waals surface area contributed by atoms with Gasteiger partial charge in [0, 0.05) is 30.7 Å². The number of rotatable bonds is 7. The lowest BCUT2D eigenvalue weighted by Crippen LogP contribution is -2.58. The van der Waals surface area contributed by atoms with Crippen LogP contribution in [0, 0.1) is 17.8 Å². The number of hydrogen-bond donors (Lipinski definition) is 2. The lowest BCUT2D eigenvalue weighted by molar-refractivity contribution is -0.138. The van der Waals surface area contributed by atoms with E-state index in [4.69, 9.17) is 4.98 Å². The van der Waals surface area contributed by atoms with E-state index in [1.807, 2.05) is 28.8 Å². The molecule has 8 nitrogen and oxygen atoms in total. The summed E-state index contributed by atoms with van der Waals surface area (Å²) in [4.78, 5) is 35.3. The Kier molecular flexibility index (Phi) is 7.92. The molecule has 3 heterocycles. The van der Waals surface area contributed by atoms with Gasteiger partial charge in [0.15, 0.2) is 5.82 Å². The number of piperidine rings is 1. The molecule has 6 unspecified atom stereocenters. The number of aliphatic carboxylic acids is 1. The Morgan fingerprint density at radius 3 is 2.35 bits per heavy atom. The molecule has 1 aromatic carbocycles. The van der Waals surface area contributed by atoms with E-state index in [0.717, 1.165) is 48.0 Å². The van der Waals surface area contributed by atoms with Crippen molar-refractivity contribution in [2.75, 3.05) is 18.1 Å². The average molecular weight is 551 g/mol. The Bertz CT molecular complexity index is 1250. The van der Waals surface area contributed by atoms with E-state index in [9.17, 15) is 19.8 Å². The van der Waals surface area contributed by atoms with Crippen molar-refractivity contribution in [2.45, 2.75) is 115 Å². The molecule has 0 amide bonds. The quantitative estimate of drug-likeness (QED) is 0.509. The Labute approximate surface area is 237 Å². The zero-order chi connectivity index (χ0) is 28.0. The van der Waals surface area contributed by atoms with Gasteiger partial charge in [-0.05, 0) is 94.1 Å². The largest absolute Gasteiger partial charge is 0.480 e. The SMILES string of the molecule is CCC1CC2CC(C1)CC(N1C(CC)CC(n3c(=O)c(N4CCCC4C(=O)O)nc4ccccc43)CC1CO)C2. The first-order valence-corrected chi connectivity index (χ1v) is 15.8. The van der Waals surface area contributed by atoms with Gasteiger partial charge in [0.05, 0.1) is 17.6 Å². The second-order valence-corrected chi connectivity index (χ2v) is 13.1. The minimum Gasteiger partial charge on any atom is -0.480 e. The molecule has 4 aliphatic rings. The molecular weight excluding hydrogens is 504 g/mol. The molecule has 2 aliphatic carbocycles. The van der Waals surface area contributed by atoms with Gasteiger partial charge in [-0.15, -0.1) is 0 Å². The van der Waals surface area contributed by atoms with Crippen LogP contribution in [-0.2, 0) is 4.79 Å². The number of carboxylic acid groups (broad SMARTS) is 1. The third kappa shape index (κ3) is 4.95. The van der Waals surface area contributed by atoms with Crippen LogP contribution < -0.4 is 10.5 Å². The first-order chi connectivity index (χ1) is 19.4. The molecular formula is C32H46N4O4. The van der Waals surface area contributed by atoms with E-state index in [1.165, 1.54) is 38.5 Å². The number of aliphatic hydroxyl groups is 1. The van der Waals surface area contributed by atoms with Crippen LogP contribution in [-0.4, -0.2) is 68.0 Å². The maximum atomic E-state index is 14.2. The molecule has 40 heavy (non-hydrogen) atoms. The van der Waals surface area contributed by atoms with Crippen molar-refractivity contribution in [3.63, 3.8) is 0 Å². The van der Waals surface area contributed by atoms with Crippen LogP contribution in [0.15, 0.2) is 29.1 Å². The van der Waals surface area contributed by atoms with Crippen molar-refractivity contribution in [3.8, 4) is 0 Å². The third-order valence-electron chi connectivity index (χ3n) is 10.8. The highest BCUT2D eigenvalue weighted by molar-refractivity contribution is 5.80. The molecule has 2 saturated heterocycles. The second kappa shape index (κ2) is 11.4. The topological polar surface area (TPSA) is 98.9 Å². The van der Waals surface area contributed by atoms with E-state index >= 15 is 0 Å². The van der Waals surface area contributed by atoms with Gasteiger partial charge in [0.25, 0.3) is 5.56 Å². The molecule has 2 aliphatic heterocycles. The summed E-state index contributed by atoms with van der Waals surface area (Å²) in [5.74, 6) is 1.83. The number of anilines is 1. The Morgan fingerprint density at radius 2 is 1.68 bits per heavy atom. The molecule has 218 valence electrons. The predicted octanol–water partition coefficient (Wildman–Crippen LogP) is 4.83. The van der Waals surface area contributed by atoms with Crippen LogP contribution in [0.2, 0.25) is 0 Å². The molecule has 1 aromatic heterocycles. The summed E-state index contributed by atoms with van der Waals surface area (Å²) in [5, 5.41) is 20.6. The van der Waals surface area contributed by atoms with Crippen molar-refractivity contribution >= 4 is 22.8 Å². The highest BCUT2D eigenvalue weighted by atomic mass is 16.4. The standard InChI is InChI=1S/C32H46N4O4/c1-3-20-12-21-14-22(13-20)16-24(15-21)35-23(4-2)17-25(18-26(35)19-37)36-28-9-6-5-8-27(28)33-30(31(36)38)34-11-7-10-29(34)32(39)40/h5-6,8-9,20-26,29,37H,3-4,7,10-19H2,1-2H3,(H,39,40). The molecule has 6 rings (SSSR count). The van der Waals surface area contributed by atoms with E-state index in [0.29, 0.717) is 31.5 Å². The zero-order valence-corrected chi connectivity index (χ0v) is 24.1. The molecule has 2 N–H and O–H groups in total. The molecule has 2 bridgehead atoms. The van der Waals surface area contributed by atoms with Crippen LogP contribution in [0.1, 0.15) is 90.5 Å². The summed E-state index contributed by atoms with van der Waals surface area (Å²) in [5.41, 5.74) is 1.31. The summed E-state index contributed by atoms with van der Waals surface area (Å²) >= 11 is 0. The maximum Gasteiger partial charge on any atom is 0.326 e. The average Bonchev–Trinajstić information content (AvgIpc) is 3.46. The fraction of sp³-hybridized carbons (Fsp3) is 0.719. The number of aromatic nitrogens is 2. The smallest absolute Gasteiger partial charge is 0.326 e. The maximum absolute atomic E-state index is 14.2. The van der Waals surface area contributed by atoms with Crippen molar-refractivity contribution < 1.29 is 15.0 Å². The van der Waals surface area contributed by atoms with Gasteiger partial charge in [-0.3, -0.25) is 9.69 Å². The van der Waals surface area contributed by atoms with Crippen LogP contribution in [0.25, 0.3) is 11.0 Å². The first kappa shape index (κ1) is 27.7. The lowest BCUT2D eigenvalue weighted by Gasteiger charge is -2.53. The molecule has 2 saturated carbocycles. The predicted molar refractivity (Wildman–Crippen MR) is 157 cm³/mol. The molecule has 0 spiro atoms. The van der Waals surface area contributed by atoms with Gasteiger partial charge in [0.2, 0.25) is 0 Å². The van der Waals surface area contributed by atoms with Gasteiger partial charge in [-0.1, -0.05) is 32.4 Å². The molecule has 0 radical (unpaired) electrons. The third-order valence-corrected chi connectivity index (χ3v) is 10.8. The molecule has 4 fully saturated rings. The van der Waals surface area contributed by atoms with Crippen LogP contribution >= 0.6 is 0 Å². The Morgan fingerprint density at radius 1 is 0.950 bits per heavy atom. The number of para-hydroxylation sites is 2. The lowest BCUT2D eigenvalue weighted by atomic mass is 9.65. The highest BCUT2D eigenvalue weighted by Crippen LogP contribution is 2.47. The van der Waals surface area contributed by atoms with Crippen molar-refractivity contribution in [2.24, 2.45) is 17.8 Å². The number of hydrogen-bond acceptors (Lipinski definition) is 6. The number of nitrogens with zero attached hydrogens (tertiary/aromatic N) is 4. The van der Waals surface area contributed by atoms with Gasteiger partial charge >= 0.3 is 5.97 Å². The van der Waals surface area contributed by atoms with Gasteiger partial charge < -0.3 is 19.7 Å². The van der Waals surface area contributed by atoms with Gasteiger partial charge in [0.1, 0.15) is 6.04 Å². The van der Waals surface area contributed by atoms with Crippen molar-refractivity contribution in [1.29, 1.82) is 0 Å². The fourth-order valence-electron chi connectivity index (χ4n) is 9.12. The normalized spacial score (nSPS) is 34.8. The Balaban J connectivity index is 1.34. The number of aliphatic hydroxyl groups excluding tert-OH is 1. The van der Waals surface area contributed by atoms with Gasteiger partial charge in [-0.2, -0.15) is 0 Å². The number of carboxylic acids is 1. The number of carbonyl (C=O) groups is 1. The van der Waals surface area contributed by atoms with E-state index in [-0.39, 0.29) is 30.1 Å². The molecule has 8 heteroatoms. The summed E-state index contributed by atoms with van der Waals surface area (Å²) in [6, 6.07) is 7.75. The number of likely N-dealkylation sites (tertiary alicyclic amines) is 1. The van der Waals surface area contributed by atoms with Crippen LogP contribution in [0.5, 0.6) is 0 Å². The Hall–Kier alpha value is -2.45. The summed E-state index contributed by atoms with van der Waals surface area (Å²) < 4.78 is 1.90. The second-order valence-electron chi connectivity index (χ2n) is 13.1. The van der Waals surface area contributed by atoms with Crippen LogP contribution in [0.4, 0.5) is 5.82 Å². The van der Waals surface area contributed by atoms with Gasteiger partial charge in [-0.25, -0.2) is 9.78 Å². The number of fused-ring (bicyclic) bond motifs is 3. The van der Waals surface area contributed by atoms with E-state index in [2.05, 4.69) is 18.7 Å². The first-order valence-electron chi connectivity index (χ1n) is 15.8. The minimum absolute atomic E-state index is 0.00957. The molecule has 2 aromatic rings. The summed E-state index contributed by atoms with van der Waals surface area (Å²) in [7, 11) is 0. The zero-order valence-electron chi connectivity index (χ0n) is 24.1. The fourth-order valence-corrected chi connectivity index (χ4v) is 9.12. The van der Waals surface area contributed by atoms with Crippen molar-refractivity contribution in [3.05, 3.63) is 34.6 Å². The van der Waals surface area contributed by atoms with E-state index in [1.54, 1.807) is 4.90 Å². The van der Waals surface area contributed by atoms with Crippen molar-refractivity contribution in [1.82, 2.24) is 14.5 Å². The van der Waals surface area contributed by atoms with Crippen LogP contribution in [0.3, 0.4) is 0 Å². The summed E-state index contributed by atoms with van der Waals surface area (Å²) in [6.07, 6.45) is 11.7.